The van der Waals surface area contributed by atoms with E-state index in [1.165, 1.54) is 7.11 Å². The van der Waals surface area contributed by atoms with Crippen LogP contribution in [0.1, 0.15) is 25.7 Å². The predicted molar refractivity (Wildman–Crippen MR) is 51.6 cm³/mol. The van der Waals surface area contributed by atoms with Crippen molar-refractivity contribution < 1.29 is 13.9 Å². The Hall–Kier alpha value is -0.120. The number of ether oxygens (including phenoxy) is 1. The maximum atomic E-state index is 13.2. The van der Waals surface area contributed by atoms with Gasteiger partial charge in [0.25, 0.3) is 0 Å². The Morgan fingerprint density at radius 1 is 1.38 bits per heavy atom. The van der Waals surface area contributed by atoms with Gasteiger partial charge in [-0.1, -0.05) is 15.9 Å². The van der Waals surface area contributed by atoms with E-state index in [9.17, 15) is 9.18 Å². The van der Waals surface area contributed by atoms with Crippen molar-refractivity contribution >= 4 is 21.9 Å². The maximum Gasteiger partial charge on any atom is 0.308 e. The maximum absolute atomic E-state index is 13.2. The fourth-order valence-corrected chi connectivity index (χ4v) is 2.16. The van der Waals surface area contributed by atoms with Gasteiger partial charge in [-0.05, 0) is 25.7 Å². The minimum absolute atomic E-state index is 0.0952. The number of carbonyl (C=O) groups excluding carboxylic acids is 1. The molecule has 0 N–H and O–H groups in total. The molecule has 76 valence electrons. The SMILES string of the molecule is COC(=O)C1CCC(F)C(Br)CC1. The summed E-state index contributed by atoms with van der Waals surface area (Å²) in [6, 6.07) is 0. The fourth-order valence-electron chi connectivity index (χ4n) is 1.63. The quantitative estimate of drug-likeness (QED) is 0.407. The van der Waals surface area contributed by atoms with E-state index in [1.807, 2.05) is 0 Å². The second-order valence-corrected chi connectivity index (χ2v) is 4.58. The molecule has 0 aromatic carbocycles. The van der Waals surface area contributed by atoms with Gasteiger partial charge >= 0.3 is 5.97 Å². The molecule has 2 nitrogen and oxygen atoms in total. The van der Waals surface area contributed by atoms with E-state index in [0.717, 1.165) is 6.42 Å². The van der Waals surface area contributed by atoms with Crippen LogP contribution in [-0.4, -0.2) is 24.1 Å². The molecule has 1 aliphatic rings. The van der Waals surface area contributed by atoms with Crippen molar-refractivity contribution in [1.82, 2.24) is 0 Å². The molecule has 1 aliphatic carbocycles. The summed E-state index contributed by atoms with van der Waals surface area (Å²) >= 11 is 3.28. The average Bonchev–Trinajstić information content (AvgIpc) is 2.30. The van der Waals surface area contributed by atoms with Crippen LogP contribution in [0.3, 0.4) is 0 Å². The van der Waals surface area contributed by atoms with E-state index in [0.29, 0.717) is 19.3 Å². The third kappa shape index (κ3) is 2.93. The second-order valence-electron chi connectivity index (χ2n) is 3.41. The normalized spacial score (nSPS) is 35.2. The van der Waals surface area contributed by atoms with Crippen LogP contribution in [0.2, 0.25) is 0 Å². The van der Waals surface area contributed by atoms with E-state index in [-0.39, 0.29) is 16.7 Å². The lowest BCUT2D eigenvalue weighted by Crippen LogP contribution is -2.15. The van der Waals surface area contributed by atoms with Crippen LogP contribution >= 0.6 is 15.9 Å². The number of alkyl halides is 2. The van der Waals surface area contributed by atoms with Gasteiger partial charge in [0.05, 0.1) is 13.0 Å². The van der Waals surface area contributed by atoms with Gasteiger partial charge < -0.3 is 4.74 Å². The monoisotopic (exact) mass is 252 g/mol. The van der Waals surface area contributed by atoms with Gasteiger partial charge in [-0.2, -0.15) is 0 Å². The Bertz CT molecular complexity index is 174. The first-order valence-electron chi connectivity index (χ1n) is 4.51. The lowest BCUT2D eigenvalue weighted by Gasteiger charge is -2.09. The van der Waals surface area contributed by atoms with Crippen molar-refractivity contribution in [1.29, 1.82) is 0 Å². The van der Waals surface area contributed by atoms with Crippen molar-refractivity contribution in [2.24, 2.45) is 5.92 Å². The molecule has 1 rings (SSSR count). The zero-order chi connectivity index (χ0) is 9.84. The molecule has 3 atom stereocenters. The summed E-state index contributed by atoms with van der Waals surface area (Å²) in [7, 11) is 1.38. The first kappa shape index (κ1) is 11.0. The Morgan fingerprint density at radius 3 is 2.62 bits per heavy atom. The molecule has 0 saturated heterocycles. The summed E-state index contributed by atoms with van der Waals surface area (Å²) in [6.07, 6.45) is 1.67. The summed E-state index contributed by atoms with van der Waals surface area (Å²) in [5, 5.41) is 0. The smallest absolute Gasteiger partial charge is 0.308 e. The van der Waals surface area contributed by atoms with Crippen LogP contribution in [-0.2, 0) is 9.53 Å². The molecule has 0 radical (unpaired) electrons. The molecule has 1 saturated carbocycles. The number of methoxy groups -OCH3 is 1. The second kappa shape index (κ2) is 4.94. The highest BCUT2D eigenvalue weighted by Gasteiger charge is 2.29. The van der Waals surface area contributed by atoms with Crippen molar-refractivity contribution in [2.75, 3.05) is 7.11 Å². The molecule has 0 aliphatic heterocycles. The Morgan fingerprint density at radius 2 is 2.00 bits per heavy atom. The van der Waals surface area contributed by atoms with Gasteiger partial charge in [-0.15, -0.1) is 0 Å². The predicted octanol–water partition coefficient (Wildman–Crippen LogP) is 2.45. The van der Waals surface area contributed by atoms with Crippen molar-refractivity contribution in [3.63, 3.8) is 0 Å². The van der Waals surface area contributed by atoms with Crippen LogP contribution in [0.5, 0.6) is 0 Å². The first-order valence-corrected chi connectivity index (χ1v) is 5.42. The molecule has 0 spiro atoms. The Labute approximate surface area is 86.0 Å². The van der Waals surface area contributed by atoms with E-state index in [4.69, 9.17) is 0 Å². The standard InChI is InChI=1S/C9H14BrFO2/c1-13-9(12)6-2-4-7(10)8(11)5-3-6/h6-8H,2-5H2,1H3. The van der Waals surface area contributed by atoms with E-state index < -0.39 is 6.17 Å². The summed E-state index contributed by atoms with van der Waals surface area (Å²) in [4.78, 5) is 11.1. The van der Waals surface area contributed by atoms with Crippen LogP contribution in [0, 0.1) is 5.92 Å². The van der Waals surface area contributed by atoms with E-state index in [1.54, 1.807) is 0 Å². The molecule has 0 heterocycles. The van der Waals surface area contributed by atoms with Crippen molar-refractivity contribution in [3.05, 3.63) is 0 Å². The minimum Gasteiger partial charge on any atom is -0.469 e. The number of esters is 1. The summed E-state index contributed by atoms with van der Waals surface area (Å²) in [6.45, 7) is 0. The zero-order valence-electron chi connectivity index (χ0n) is 7.63. The Balaban J connectivity index is 2.49. The molecule has 0 bridgehead atoms. The minimum atomic E-state index is -0.824. The van der Waals surface area contributed by atoms with Gasteiger partial charge in [0.15, 0.2) is 0 Å². The third-order valence-corrected chi connectivity index (χ3v) is 3.54. The molecule has 0 amide bonds. The van der Waals surface area contributed by atoms with Gasteiger partial charge in [-0.3, -0.25) is 4.79 Å². The van der Waals surface area contributed by atoms with Gasteiger partial charge in [0, 0.05) is 4.83 Å². The van der Waals surface area contributed by atoms with Crippen LogP contribution in [0.15, 0.2) is 0 Å². The van der Waals surface area contributed by atoms with Crippen molar-refractivity contribution in [2.45, 2.75) is 36.7 Å². The topological polar surface area (TPSA) is 26.3 Å². The van der Waals surface area contributed by atoms with Gasteiger partial charge in [0.1, 0.15) is 6.17 Å². The Kier molecular flexibility index (Phi) is 4.16. The number of rotatable bonds is 1. The summed E-state index contributed by atoms with van der Waals surface area (Å²) in [5.41, 5.74) is 0. The highest BCUT2D eigenvalue weighted by Crippen LogP contribution is 2.30. The molecule has 1 fully saturated rings. The van der Waals surface area contributed by atoms with Crippen molar-refractivity contribution in [3.8, 4) is 0 Å². The zero-order valence-corrected chi connectivity index (χ0v) is 9.22. The lowest BCUT2D eigenvalue weighted by molar-refractivity contribution is -0.145. The number of halogens is 2. The largest absolute Gasteiger partial charge is 0.469 e. The molecule has 13 heavy (non-hydrogen) atoms. The number of hydrogen-bond acceptors (Lipinski definition) is 2. The number of carbonyl (C=O) groups is 1. The van der Waals surface area contributed by atoms with Crippen LogP contribution in [0.4, 0.5) is 4.39 Å². The fraction of sp³-hybridized carbons (Fsp3) is 0.889. The summed E-state index contributed by atoms with van der Waals surface area (Å²) in [5.74, 6) is -0.306. The first-order chi connectivity index (χ1) is 6.15. The third-order valence-electron chi connectivity index (χ3n) is 2.51. The highest BCUT2D eigenvalue weighted by molar-refractivity contribution is 9.09. The highest BCUT2D eigenvalue weighted by atomic mass is 79.9. The molecule has 4 heteroatoms. The van der Waals surface area contributed by atoms with Gasteiger partial charge in [0.2, 0.25) is 0 Å². The van der Waals surface area contributed by atoms with Crippen LogP contribution < -0.4 is 0 Å². The average molecular weight is 253 g/mol. The summed E-state index contributed by atoms with van der Waals surface area (Å²) < 4.78 is 17.8. The van der Waals surface area contributed by atoms with E-state index in [2.05, 4.69) is 20.7 Å². The molecule has 3 unspecified atom stereocenters. The molecular formula is C9H14BrFO2. The van der Waals surface area contributed by atoms with E-state index >= 15 is 0 Å². The lowest BCUT2D eigenvalue weighted by atomic mass is 10.0. The molecule has 0 aromatic rings. The molecular weight excluding hydrogens is 239 g/mol. The molecule has 0 aromatic heterocycles. The van der Waals surface area contributed by atoms with Gasteiger partial charge in [-0.25, -0.2) is 4.39 Å². The van der Waals surface area contributed by atoms with Crippen LogP contribution in [0.25, 0.3) is 0 Å². The number of hydrogen-bond donors (Lipinski definition) is 0.